The first-order valence-electron chi connectivity index (χ1n) is 9.17. The summed E-state index contributed by atoms with van der Waals surface area (Å²) in [5, 5.41) is 7.50. The van der Waals surface area contributed by atoms with Crippen LogP contribution in [0.4, 0.5) is 0 Å². The van der Waals surface area contributed by atoms with Crippen molar-refractivity contribution in [1.82, 2.24) is 15.1 Å². The van der Waals surface area contributed by atoms with Gasteiger partial charge in [-0.25, -0.2) is 4.68 Å². The van der Waals surface area contributed by atoms with Gasteiger partial charge in [0.15, 0.2) is 0 Å². The van der Waals surface area contributed by atoms with Gasteiger partial charge in [0.25, 0.3) is 5.56 Å². The molecule has 1 saturated carbocycles. The van der Waals surface area contributed by atoms with Crippen LogP contribution >= 0.6 is 0 Å². The highest BCUT2D eigenvalue weighted by atomic mass is 16.5. The van der Waals surface area contributed by atoms with Crippen molar-refractivity contribution in [3.05, 3.63) is 46.8 Å². The fourth-order valence-electron chi connectivity index (χ4n) is 3.28. The second-order valence-corrected chi connectivity index (χ2v) is 6.66. The van der Waals surface area contributed by atoms with Gasteiger partial charge in [-0.3, -0.25) is 9.59 Å². The van der Waals surface area contributed by atoms with Crippen LogP contribution in [0.15, 0.2) is 41.2 Å². The van der Waals surface area contributed by atoms with Gasteiger partial charge >= 0.3 is 0 Å². The van der Waals surface area contributed by atoms with Crippen LogP contribution in [0.1, 0.15) is 38.5 Å². The number of hydrogen-bond acceptors (Lipinski definition) is 4. The smallest absolute Gasteiger partial charge is 0.266 e. The van der Waals surface area contributed by atoms with Crippen molar-refractivity contribution < 1.29 is 9.53 Å². The van der Waals surface area contributed by atoms with Crippen LogP contribution < -0.4 is 15.6 Å². The highest BCUT2D eigenvalue weighted by Gasteiger charge is 2.16. The minimum atomic E-state index is -0.154. The first kappa shape index (κ1) is 18.2. The van der Waals surface area contributed by atoms with Crippen molar-refractivity contribution in [2.45, 2.75) is 51.1 Å². The van der Waals surface area contributed by atoms with Crippen molar-refractivity contribution in [2.75, 3.05) is 7.11 Å². The lowest BCUT2D eigenvalue weighted by molar-refractivity contribution is -0.121. The van der Waals surface area contributed by atoms with E-state index in [1.165, 1.54) is 23.6 Å². The molecule has 1 amide bonds. The van der Waals surface area contributed by atoms with E-state index in [0.29, 0.717) is 25.4 Å². The monoisotopic (exact) mass is 355 g/mol. The SMILES string of the molecule is COc1ccc(-c2ccc(=O)n(CCCC(=O)NC3CCCC3)n2)cc1. The van der Waals surface area contributed by atoms with Crippen LogP contribution in [0.25, 0.3) is 11.3 Å². The Bertz CT molecular complexity index is 793. The molecule has 1 heterocycles. The van der Waals surface area contributed by atoms with E-state index >= 15 is 0 Å². The standard InChI is InChI=1S/C20H25N3O3/c1-26-17-10-8-15(9-11-17)18-12-13-20(25)23(22-18)14-4-7-19(24)21-16-5-2-3-6-16/h8-13,16H,2-7,14H2,1H3,(H,21,24). The summed E-state index contributed by atoms with van der Waals surface area (Å²) in [5.74, 6) is 0.839. The first-order chi connectivity index (χ1) is 12.7. The maximum absolute atomic E-state index is 12.0. The molecule has 0 atom stereocenters. The van der Waals surface area contributed by atoms with Gasteiger partial charge in [-0.05, 0) is 49.6 Å². The lowest BCUT2D eigenvalue weighted by Gasteiger charge is -2.12. The molecular formula is C20H25N3O3. The molecule has 1 aliphatic carbocycles. The van der Waals surface area contributed by atoms with Crippen molar-refractivity contribution in [2.24, 2.45) is 0 Å². The molecule has 1 N–H and O–H groups in total. The van der Waals surface area contributed by atoms with Crippen molar-refractivity contribution in [3.63, 3.8) is 0 Å². The van der Waals surface area contributed by atoms with Gasteiger partial charge in [-0.1, -0.05) is 12.8 Å². The second-order valence-electron chi connectivity index (χ2n) is 6.66. The normalized spacial score (nSPS) is 14.3. The average molecular weight is 355 g/mol. The Morgan fingerprint density at radius 1 is 1.19 bits per heavy atom. The van der Waals surface area contributed by atoms with Gasteiger partial charge in [0.2, 0.25) is 5.91 Å². The van der Waals surface area contributed by atoms with Crippen LogP contribution in [-0.4, -0.2) is 28.8 Å². The molecule has 1 aromatic heterocycles. The van der Waals surface area contributed by atoms with Gasteiger partial charge < -0.3 is 10.1 Å². The number of aryl methyl sites for hydroxylation is 1. The minimum absolute atomic E-state index is 0.0660. The van der Waals surface area contributed by atoms with E-state index in [1.54, 1.807) is 13.2 Å². The average Bonchev–Trinajstić information content (AvgIpc) is 3.16. The summed E-state index contributed by atoms with van der Waals surface area (Å²) in [6.07, 6.45) is 5.56. The molecule has 0 saturated heterocycles. The maximum atomic E-state index is 12.0. The molecule has 1 aromatic carbocycles. The lowest BCUT2D eigenvalue weighted by atomic mass is 10.1. The topological polar surface area (TPSA) is 73.2 Å². The molecule has 138 valence electrons. The third-order valence-electron chi connectivity index (χ3n) is 4.75. The molecular weight excluding hydrogens is 330 g/mol. The van der Waals surface area contributed by atoms with Crippen molar-refractivity contribution in [1.29, 1.82) is 0 Å². The Labute approximate surface area is 153 Å². The van der Waals surface area contributed by atoms with Crippen molar-refractivity contribution in [3.8, 4) is 17.0 Å². The summed E-state index contributed by atoms with van der Waals surface area (Å²) in [4.78, 5) is 24.0. The number of rotatable bonds is 7. The fourth-order valence-corrected chi connectivity index (χ4v) is 3.28. The third kappa shape index (κ3) is 4.71. The molecule has 0 bridgehead atoms. The number of nitrogens with one attached hydrogen (secondary N) is 1. The quantitative estimate of drug-likeness (QED) is 0.829. The number of methoxy groups -OCH3 is 1. The molecule has 0 spiro atoms. The zero-order chi connectivity index (χ0) is 18.4. The Kier molecular flexibility index (Phi) is 6.04. The molecule has 6 nitrogen and oxygen atoms in total. The molecule has 2 aromatic rings. The number of benzene rings is 1. The molecule has 26 heavy (non-hydrogen) atoms. The Morgan fingerprint density at radius 2 is 1.92 bits per heavy atom. The number of carbonyl (C=O) groups is 1. The molecule has 1 fully saturated rings. The highest BCUT2D eigenvalue weighted by molar-refractivity contribution is 5.76. The molecule has 6 heteroatoms. The largest absolute Gasteiger partial charge is 0.497 e. The summed E-state index contributed by atoms with van der Waals surface area (Å²) >= 11 is 0. The van der Waals surface area contributed by atoms with Gasteiger partial charge in [0.05, 0.1) is 12.8 Å². The van der Waals surface area contributed by atoms with Gasteiger partial charge in [0.1, 0.15) is 5.75 Å². The maximum Gasteiger partial charge on any atom is 0.266 e. The zero-order valence-corrected chi connectivity index (χ0v) is 15.1. The number of ether oxygens (including phenoxy) is 1. The Balaban J connectivity index is 1.58. The van der Waals surface area contributed by atoms with E-state index in [0.717, 1.165) is 29.8 Å². The lowest BCUT2D eigenvalue weighted by Crippen LogP contribution is -2.32. The molecule has 1 aliphatic rings. The van der Waals surface area contributed by atoms with E-state index in [9.17, 15) is 9.59 Å². The van der Waals surface area contributed by atoms with Crippen LogP contribution in [-0.2, 0) is 11.3 Å². The number of amides is 1. The summed E-state index contributed by atoms with van der Waals surface area (Å²) in [6, 6.07) is 11.1. The van der Waals surface area contributed by atoms with Crippen LogP contribution in [0.2, 0.25) is 0 Å². The fraction of sp³-hybridized carbons (Fsp3) is 0.450. The summed E-state index contributed by atoms with van der Waals surface area (Å²) in [5.41, 5.74) is 1.49. The van der Waals surface area contributed by atoms with E-state index in [-0.39, 0.29) is 11.5 Å². The van der Waals surface area contributed by atoms with E-state index in [4.69, 9.17) is 4.74 Å². The molecule has 3 rings (SSSR count). The second kappa shape index (κ2) is 8.65. The minimum Gasteiger partial charge on any atom is -0.497 e. The molecule has 0 radical (unpaired) electrons. The van der Waals surface area contributed by atoms with Gasteiger partial charge in [-0.15, -0.1) is 0 Å². The van der Waals surface area contributed by atoms with Crippen LogP contribution in [0.3, 0.4) is 0 Å². The van der Waals surface area contributed by atoms with Gasteiger partial charge in [-0.2, -0.15) is 5.10 Å². The number of nitrogens with zero attached hydrogens (tertiary/aromatic N) is 2. The van der Waals surface area contributed by atoms with Gasteiger partial charge in [0, 0.05) is 30.6 Å². The first-order valence-corrected chi connectivity index (χ1v) is 9.17. The molecule has 0 unspecified atom stereocenters. The van der Waals surface area contributed by atoms with Crippen molar-refractivity contribution >= 4 is 5.91 Å². The predicted molar refractivity (Wildman–Crippen MR) is 100 cm³/mol. The predicted octanol–water partition coefficient (Wildman–Crippen LogP) is 2.76. The summed E-state index contributed by atoms with van der Waals surface area (Å²) < 4.78 is 6.59. The summed E-state index contributed by atoms with van der Waals surface area (Å²) in [6.45, 7) is 0.431. The number of hydrogen-bond donors (Lipinski definition) is 1. The van der Waals surface area contributed by atoms with E-state index in [1.807, 2.05) is 24.3 Å². The third-order valence-corrected chi connectivity index (χ3v) is 4.75. The van der Waals surface area contributed by atoms with Crippen LogP contribution in [0, 0.1) is 0 Å². The van der Waals surface area contributed by atoms with Crippen LogP contribution in [0.5, 0.6) is 5.75 Å². The number of carbonyl (C=O) groups excluding carboxylic acids is 1. The molecule has 0 aliphatic heterocycles. The van der Waals surface area contributed by atoms with E-state index < -0.39 is 0 Å². The Hall–Kier alpha value is -2.63. The summed E-state index contributed by atoms with van der Waals surface area (Å²) in [7, 11) is 1.62. The number of aromatic nitrogens is 2. The zero-order valence-electron chi connectivity index (χ0n) is 15.1. The highest BCUT2D eigenvalue weighted by Crippen LogP contribution is 2.20. The Morgan fingerprint density at radius 3 is 2.62 bits per heavy atom. The van der Waals surface area contributed by atoms with E-state index in [2.05, 4.69) is 10.4 Å².